The number of halogens is 1. The van der Waals surface area contributed by atoms with E-state index in [4.69, 9.17) is 11.6 Å². The van der Waals surface area contributed by atoms with Crippen molar-refractivity contribution in [3.63, 3.8) is 0 Å². The van der Waals surface area contributed by atoms with E-state index in [0.717, 1.165) is 29.5 Å². The summed E-state index contributed by atoms with van der Waals surface area (Å²) in [6.45, 7) is 2.08. The number of H-pyrrole nitrogens is 1. The number of nitrogens with zero attached hydrogens (tertiary/aromatic N) is 2. The van der Waals surface area contributed by atoms with Crippen LogP contribution in [0.15, 0.2) is 23.0 Å². The summed E-state index contributed by atoms with van der Waals surface area (Å²) >= 11 is 7.52. The smallest absolute Gasteiger partial charge is 0.268 e. The van der Waals surface area contributed by atoms with E-state index in [-0.39, 0.29) is 11.7 Å². The fourth-order valence-corrected chi connectivity index (χ4v) is 4.32. The van der Waals surface area contributed by atoms with Crippen LogP contribution >= 0.6 is 22.9 Å². The third-order valence-corrected chi connectivity index (χ3v) is 5.58. The van der Waals surface area contributed by atoms with Crippen LogP contribution in [0.2, 0.25) is 5.02 Å². The monoisotopic (exact) mass is 349 g/mol. The normalized spacial score (nSPS) is 19.7. The van der Waals surface area contributed by atoms with Gasteiger partial charge in [-0.05, 0) is 37.6 Å². The molecule has 0 aliphatic carbocycles. The van der Waals surface area contributed by atoms with Gasteiger partial charge in [-0.3, -0.25) is 9.69 Å². The number of benzene rings is 1. The lowest BCUT2D eigenvalue weighted by molar-refractivity contribution is 0.0655. The molecule has 3 aromatic rings. The minimum Gasteiger partial charge on any atom is -0.392 e. The van der Waals surface area contributed by atoms with E-state index in [1.807, 2.05) is 18.2 Å². The highest BCUT2D eigenvalue weighted by Gasteiger charge is 2.19. The van der Waals surface area contributed by atoms with E-state index in [2.05, 4.69) is 14.9 Å². The van der Waals surface area contributed by atoms with Gasteiger partial charge in [0.15, 0.2) is 0 Å². The number of hydrogen-bond donors (Lipinski definition) is 2. The molecule has 7 heteroatoms. The van der Waals surface area contributed by atoms with Gasteiger partial charge in [-0.1, -0.05) is 11.6 Å². The average molecular weight is 350 g/mol. The molecule has 0 radical (unpaired) electrons. The summed E-state index contributed by atoms with van der Waals surface area (Å²) in [7, 11) is 0. The fraction of sp³-hybridized carbons (Fsp3) is 0.375. The molecule has 0 saturated carbocycles. The van der Waals surface area contributed by atoms with Crippen molar-refractivity contribution in [3.8, 4) is 0 Å². The highest BCUT2D eigenvalue weighted by Crippen LogP contribution is 2.32. The number of nitrogens with one attached hydrogen (secondary N) is 1. The molecule has 2 aromatic heterocycles. The molecule has 0 amide bonds. The molecule has 0 bridgehead atoms. The van der Waals surface area contributed by atoms with Crippen LogP contribution in [0.1, 0.15) is 18.7 Å². The summed E-state index contributed by atoms with van der Waals surface area (Å²) in [5.41, 5.74) is 0.601. The van der Waals surface area contributed by atoms with E-state index in [9.17, 15) is 9.90 Å². The van der Waals surface area contributed by atoms with Gasteiger partial charge >= 0.3 is 0 Å². The van der Waals surface area contributed by atoms with Gasteiger partial charge in [-0.25, -0.2) is 4.98 Å². The molecule has 1 fully saturated rings. The van der Waals surface area contributed by atoms with Crippen molar-refractivity contribution in [1.29, 1.82) is 0 Å². The first kappa shape index (κ1) is 15.1. The van der Waals surface area contributed by atoms with Crippen LogP contribution in [-0.2, 0) is 6.54 Å². The maximum Gasteiger partial charge on any atom is 0.268 e. The predicted octanol–water partition coefficient (Wildman–Crippen LogP) is 2.75. The van der Waals surface area contributed by atoms with Crippen LogP contribution < -0.4 is 5.56 Å². The quantitative estimate of drug-likeness (QED) is 0.746. The van der Waals surface area contributed by atoms with Gasteiger partial charge in [0.05, 0.1) is 18.2 Å². The number of fused-ring (bicyclic) bond motifs is 3. The Morgan fingerprint density at radius 2 is 2.35 bits per heavy atom. The molecule has 4 rings (SSSR count). The molecule has 0 unspecified atom stereocenters. The number of aromatic amines is 1. The molecule has 120 valence electrons. The van der Waals surface area contributed by atoms with Crippen LogP contribution in [-0.4, -0.2) is 39.2 Å². The van der Waals surface area contributed by atoms with Gasteiger partial charge in [0.25, 0.3) is 5.56 Å². The minimum absolute atomic E-state index is 0.111. The number of β-amino-alcohol motifs (C(OH)–C–C–N with tert-alkyl or cyclic N) is 1. The molecule has 1 saturated heterocycles. The summed E-state index contributed by atoms with van der Waals surface area (Å²) in [6, 6.07) is 5.60. The molecular weight excluding hydrogens is 334 g/mol. The van der Waals surface area contributed by atoms with Crippen LogP contribution in [0.3, 0.4) is 0 Å². The Morgan fingerprint density at radius 3 is 3.17 bits per heavy atom. The third-order valence-electron chi connectivity index (χ3n) is 4.19. The molecule has 2 N–H and O–H groups in total. The lowest BCUT2D eigenvalue weighted by Gasteiger charge is -2.29. The molecule has 5 nitrogen and oxygen atoms in total. The number of thiophene rings is 1. The predicted molar refractivity (Wildman–Crippen MR) is 93.3 cm³/mol. The van der Waals surface area contributed by atoms with Crippen molar-refractivity contribution in [2.24, 2.45) is 0 Å². The SMILES string of the molecule is O=c1[nH]c(CN2CCC[C@@H](O)C2)nc2c1sc1ccc(Cl)cc12. The van der Waals surface area contributed by atoms with Crippen molar-refractivity contribution >= 4 is 43.2 Å². The molecule has 0 spiro atoms. The second-order valence-corrected chi connectivity index (χ2v) is 7.45. The second-order valence-electron chi connectivity index (χ2n) is 5.96. The zero-order chi connectivity index (χ0) is 16.0. The Labute approximate surface area is 141 Å². The Kier molecular flexibility index (Phi) is 3.85. The molecule has 1 atom stereocenters. The number of rotatable bonds is 2. The Hall–Kier alpha value is -1.47. The standard InChI is InChI=1S/C16H16ClN3O2S/c17-9-3-4-12-11(6-9)14-15(23-12)16(22)19-13(18-14)8-20-5-1-2-10(21)7-20/h3-4,6,10,21H,1-2,5,7-8H2,(H,18,19,22)/t10-/m1/s1. The number of likely N-dealkylation sites (tertiary alicyclic amines) is 1. The van der Waals surface area contributed by atoms with Crippen molar-refractivity contribution in [1.82, 2.24) is 14.9 Å². The van der Waals surface area contributed by atoms with Gasteiger partial charge < -0.3 is 10.1 Å². The number of piperidine rings is 1. The van der Waals surface area contributed by atoms with Gasteiger partial charge in [0.1, 0.15) is 10.5 Å². The number of hydrogen-bond acceptors (Lipinski definition) is 5. The number of aliphatic hydroxyl groups is 1. The fourth-order valence-electron chi connectivity index (χ4n) is 3.13. The number of aromatic nitrogens is 2. The van der Waals surface area contributed by atoms with Crippen molar-refractivity contribution in [2.45, 2.75) is 25.5 Å². The first-order valence-corrected chi connectivity index (χ1v) is 8.81. The first-order chi connectivity index (χ1) is 11.1. The summed E-state index contributed by atoms with van der Waals surface area (Å²) < 4.78 is 1.64. The summed E-state index contributed by atoms with van der Waals surface area (Å²) in [5, 5.41) is 11.3. The highest BCUT2D eigenvalue weighted by molar-refractivity contribution is 7.25. The topological polar surface area (TPSA) is 69.2 Å². The summed E-state index contributed by atoms with van der Waals surface area (Å²) in [5.74, 6) is 0.635. The zero-order valence-electron chi connectivity index (χ0n) is 12.4. The Bertz CT molecular complexity index is 936. The molecular formula is C16H16ClN3O2S. The zero-order valence-corrected chi connectivity index (χ0v) is 14.0. The van der Waals surface area contributed by atoms with Crippen LogP contribution in [0, 0.1) is 0 Å². The van der Waals surface area contributed by atoms with Crippen LogP contribution in [0.4, 0.5) is 0 Å². The van der Waals surface area contributed by atoms with Crippen molar-refractivity contribution < 1.29 is 5.11 Å². The molecule has 1 aliphatic heterocycles. The van der Waals surface area contributed by atoms with E-state index in [1.54, 1.807) is 0 Å². The van der Waals surface area contributed by atoms with Crippen molar-refractivity contribution in [3.05, 3.63) is 39.4 Å². The maximum atomic E-state index is 12.4. The summed E-state index contributed by atoms with van der Waals surface area (Å²) in [4.78, 5) is 22.0. The van der Waals surface area contributed by atoms with Gasteiger partial charge in [-0.15, -0.1) is 11.3 Å². The van der Waals surface area contributed by atoms with Gasteiger partial charge in [-0.2, -0.15) is 0 Å². The Balaban J connectivity index is 1.77. The van der Waals surface area contributed by atoms with Gasteiger partial charge in [0, 0.05) is 21.7 Å². The maximum absolute atomic E-state index is 12.4. The molecule has 1 aliphatic rings. The minimum atomic E-state index is -0.292. The molecule has 23 heavy (non-hydrogen) atoms. The largest absolute Gasteiger partial charge is 0.392 e. The lowest BCUT2D eigenvalue weighted by Crippen LogP contribution is -2.38. The van der Waals surface area contributed by atoms with E-state index >= 15 is 0 Å². The molecule has 3 heterocycles. The number of aliphatic hydroxyl groups excluding tert-OH is 1. The van der Waals surface area contributed by atoms with Crippen molar-refractivity contribution in [2.75, 3.05) is 13.1 Å². The average Bonchev–Trinajstić information content (AvgIpc) is 2.86. The van der Waals surface area contributed by atoms with Crippen LogP contribution in [0.5, 0.6) is 0 Å². The summed E-state index contributed by atoms with van der Waals surface area (Å²) in [6.07, 6.45) is 1.51. The van der Waals surface area contributed by atoms with Gasteiger partial charge in [0.2, 0.25) is 0 Å². The van der Waals surface area contributed by atoms with E-state index in [1.165, 1.54) is 11.3 Å². The van der Waals surface area contributed by atoms with E-state index < -0.39 is 0 Å². The molecule has 1 aromatic carbocycles. The third kappa shape index (κ3) is 2.87. The Morgan fingerprint density at radius 1 is 1.48 bits per heavy atom. The second kappa shape index (κ2) is 5.87. The first-order valence-electron chi connectivity index (χ1n) is 7.61. The lowest BCUT2D eigenvalue weighted by atomic mass is 10.1. The van der Waals surface area contributed by atoms with E-state index in [0.29, 0.717) is 34.2 Å². The van der Waals surface area contributed by atoms with Crippen LogP contribution in [0.25, 0.3) is 20.3 Å². The highest BCUT2D eigenvalue weighted by atomic mass is 35.5.